The molecule has 0 atom stereocenters. The Morgan fingerprint density at radius 3 is 2.50 bits per heavy atom. The highest BCUT2D eigenvalue weighted by Crippen LogP contribution is 2.11. The molecule has 0 aliphatic rings. The first-order chi connectivity index (χ1) is 11.2. The minimum absolute atomic E-state index is 0. The molecule has 1 aromatic carbocycles. The van der Waals surface area contributed by atoms with Crippen LogP contribution in [0, 0.1) is 0 Å². The van der Waals surface area contributed by atoms with Gasteiger partial charge in [-0.2, -0.15) is 0 Å². The smallest absolute Gasteiger partial charge is 0.236 e. The molecule has 1 aromatic heterocycles. The Balaban J connectivity index is 0.00000288. The van der Waals surface area contributed by atoms with Gasteiger partial charge in [0.05, 0.1) is 13.1 Å². The van der Waals surface area contributed by atoms with E-state index in [2.05, 4.69) is 23.1 Å². The van der Waals surface area contributed by atoms with E-state index in [9.17, 15) is 4.79 Å². The van der Waals surface area contributed by atoms with Gasteiger partial charge >= 0.3 is 0 Å². The van der Waals surface area contributed by atoms with Gasteiger partial charge in [-0.05, 0) is 23.4 Å². The molecule has 4 nitrogen and oxygen atoms in total. The van der Waals surface area contributed by atoms with E-state index >= 15 is 0 Å². The van der Waals surface area contributed by atoms with E-state index in [1.165, 1.54) is 10.4 Å². The Labute approximate surface area is 154 Å². The number of amides is 1. The van der Waals surface area contributed by atoms with Crippen LogP contribution in [0.25, 0.3) is 0 Å². The molecule has 0 bridgehead atoms. The number of nitrogens with zero attached hydrogens (tertiary/aromatic N) is 2. The van der Waals surface area contributed by atoms with Crippen LogP contribution in [0.15, 0.2) is 47.8 Å². The largest absolute Gasteiger partial charge is 0.340 e. The number of rotatable bonds is 9. The number of thiophene rings is 1. The SMILES string of the molecule is CN(Cc1cccs1)C(=O)CN(CCN)CCc1ccccc1.Cl. The molecule has 0 spiro atoms. The summed E-state index contributed by atoms with van der Waals surface area (Å²) in [7, 11) is 1.86. The maximum atomic E-state index is 12.4. The van der Waals surface area contributed by atoms with Gasteiger partial charge in [-0.25, -0.2) is 0 Å². The lowest BCUT2D eigenvalue weighted by Crippen LogP contribution is -2.41. The fourth-order valence-electron chi connectivity index (χ4n) is 2.42. The van der Waals surface area contributed by atoms with Crippen molar-refractivity contribution in [2.24, 2.45) is 5.73 Å². The van der Waals surface area contributed by atoms with Crippen molar-refractivity contribution in [1.82, 2.24) is 9.80 Å². The van der Waals surface area contributed by atoms with E-state index in [0.717, 1.165) is 19.5 Å². The Kier molecular flexibility index (Phi) is 9.64. The molecule has 0 aliphatic carbocycles. The number of nitrogens with two attached hydrogens (primary N) is 1. The third kappa shape index (κ3) is 7.01. The number of halogens is 1. The number of carbonyl (C=O) groups is 1. The standard InChI is InChI=1S/C18H25N3OS.ClH/c1-20(14-17-8-5-13-23-17)18(22)15-21(12-10-19)11-9-16-6-3-2-4-7-16;/h2-8,13H,9-12,14-15,19H2,1H3;1H. The highest BCUT2D eigenvalue weighted by atomic mass is 35.5. The average molecular weight is 368 g/mol. The highest BCUT2D eigenvalue weighted by molar-refractivity contribution is 7.09. The van der Waals surface area contributed by atoms with Crippen LogP contribution in [0.5, 0.6) is 0 Å². The summed E-state index contributed by atoms with van der Waals surface area (Å²) in [4.78, 5) is 17.5. The summed E-state index contributed by atoms with van der Waals surface area (Å²) >= 11 is 1.68. The van der Waals surface area contributed by atoms with Gasteiger partial charge in [0.1, 0.15) is 0 Å². The normalized spacial score (nSPS) is 10.5. The summed E-state index contributed by atoms with van der Waals surface area (Å²) in [5.74, 6) is 0.139. The molecule has 132 valence electrons. The van der Waals surface area contributed by atoms with E-state index in [1.807, 2.05) is 36.7 Å². The summed E-state index contributed by atoms with van der Waals surface area (Å²) in [5.41, 5.74) is 6.98. The van der Waals surface area contributed by atoms with Crippen LogP contribution in [0.1, 0.15) is 10.4 Å². The zero-order valence-electron chi connectivity index (χ0n) is 14.1. The molecule has 2 rings (SSSR count). The highest BCUT2D eigenvalue weighted by Gasteiger charge is 2.14. The molecule has 24 heavy (non-hydrogen) atoms. The van der Waals surface area contributed by atoms with Crippen molar-refractivity contribution in [3.8, 4) is 0 Å². The molecule has 6 heteroatoms. The second-order valence-corrected chi connectivity index (χ2v) is 6.66. The van der Waals surface area contributed by atoms with Crippen molar-refractivity contribution in [2.45, 2.75) is 13.0 Å². The van der Waals surface area contributed by atoms with Crippen molar-refractivity contribution in [3.63, 3.8) is 0 Å². The second kappa shape index (κ2) is 11.2. The number of hydrogen-bond acceptors (Lipinski definition) is 4. The Hall–Kier alpha value is -1.40. The lowest BCUT2D eigenvalue weighted by atomic mass is 10.1. The summed E-state index contributed by atoms with van der Waals surface area (Å²) in [5, 5.41) is 2.04. The number of benzene rings is 1. The van der Waals surface area contributed by atoms with Crippen LogP contribution >= 0.6 is 23.7 Å². The van der Waals surface area contributed by atoms with Crippen LogP contribution < -0.4 is 5.73 Å². The Bertz CT molecular complexity index is 577. The first kappa shape index (κ1) is 20.6. The van der Waals surface area contributed by atoms with Crippen LogP contribution in [0.2, 0.25) is 0 Å². The van der Waals surface area contributed by atoms with Crippen LogP contribution in [0.4, 0.5) is 0 Å². The van der Waals surface area contributed by atoms with Crippen LogP contribution in [-0.4, -0.2) is 48.9 Å². The van der Waals surface area contributed by atoms with Crippen molar-refractivity contribution in [2.75, 3.05) is 33.2 Å². The van der Waals surface area contributed by atoms with Crippen molar-refractivity contribution < 1.29 is 4.79 Å². The number of hydrogen-bond donors (Lipinski definition) is 1. The van der Waals surface area contributed by atoms with E-state index < -0.39 is 0 Å². The maximum absolute atomic E-state index is 12.4. The maximum Gasteiger partial charge on any atom is 0.236 e. The van der Waals surface area contributed by atoms with Crippen molar-refractivity contribution in [1.29, 1.82) is 0 Å². The lowest BCUT2D eigenvalue weighted by molar-refractivity contribution is -0.131. The summed E-state index contributed by atoms with van der Waals surface area (Å²) < 4.78 is 0. The van der Waals surface area contributed by atoms with Gasteiger partial charge < -0.3 is 10.6 Å². The fourth-order valence-corrected chi connectivity index (χ4v) is 3.18. The molecule has 0 radical (unpaired) electrons. The predicted molar refractivity (Wildman–Crippen MR) is 104 cm³/mol. The second-order valence-electron chi connectivity index (χ2n) is 5.63. The van der Waals surface area contributed by atoms with Crippen molar-refractivity contribution in [3.05, 3.63) is 58.3 Å². The summed E-state index contributed by atoms with van der Waals surface area (Å²) in [6, 6.07) is 14.4. The number of likely N-dealkylation sites (N-methyl/N-ethyl adjacent to an activating group) is 1. The van der Waals surface area contributed by atoms with E-state index in [1.54, 1.807) is 16.2 Å². The first-order valence-electron chi connectivity index (χ1n) is 7.91. The van der Waals surface area contributed by atoms with Gasteiger partial charge in [-0.1, -0.05) is 36.4 Å². The molecule has 0 saturated heterocycles. The van der Waals surface area contributed by atoms with Gasteiger partial charge in [-0.15, -0.1) is 23.7 Å². The third-order valence-electron chi connectivity index (χ3n) is 3.76. The molecule has 1 amide bonds. The van der Waals surface area contributed by atoms with Gasteiger partial charge in [0.15, 0.2) is 0 Å². The van der Waals surface area contributed by atoms with Gasteiger partial charge in [0.2, 0.25) is 5.91 Å². The molecular formula is C18H26ClN3OS. The van der Waals surface area contributed by atoms with E-state index in [4.69, 9.17) is 5.73 Å². The van der Waals surface area contributed by atoms with Crippen molar-refractivity contribution >= 4 is 29.7 Å². The van der Waals surface area contributed by atoms with Crippen LogP contribution in [-0.2, 0) is 17.8 Å². The third-order valence-corrected chi connectivity index (χ3v) is 4.62. The monoisotopic (exact) mass is 367 g/mol. The molecule has 1 heterocycles. The summed E-state index contributed by atoms with van der Waals surface area (Å²) in [6.07, 6.45) is 0.933. The van der Waals surface area contributed by atoms with E-state index in [0.29, 0.717) is 19.6 Å². The Morgan fingerprint density at radius 1 is 1.12 bits per heavy atom. The van der Waals surface area contributed by atoms with Gasteiger partial charge in [0, 0.05) is 31.6 Å². The molecule has 0 saturated carbocycles. The quantitative estimate of drug-likeness (QED) is 0.741. The molecule has 2 N–H and O–H groups in total. The van der Waals surface area contributed by atoms with Gasteiger partial charge in [0.25, 0.3) is 0 Å². The predicted octanol–water partition coefficient (Wildman–Crippen LogP) is 2.63. The first-order valence-corrected chi connectivity index (χ1v) is 8.79. The molecule has 0 unspecified atom stereocenters. The minimum atomic E-state index is 0. The topological polar surface area (TPSA) is 49.6 Å². The minimum Gasteiger partial charge on any atom is -0.340 e. The average Bonchev–Trinajstić information content (AvgIpc) is 3.06. The molecule has 2 aromatic rings. The zero-order chi connectivity index (χ0) is 16.5. The summed E-state index contributed by atoms with van der Waals surface area (Å²) in [6.45, 7) is 3.25. The van der Waals surface area contributed by atoms with E-state index in [-0.39, 0.29) is 18.3 Å². The Morgan fingerprint density at radius 2 is 1.88 bits per heavy atom. The number of carbonyl (C=O) groups excluding carboxylic acids is 1. The lowest BCUT2D eigenvalue weighted by Gasteiger charge is -2.24. The fraction of sp³-hybridized carbons (Fsp3) is 0.389. The molecular weight excluding hydrogens is 342 g/mol. The molecule has 0 fully saturated rings. The molecule has 0 aliphatic heterocycles. The zero-order valence-corrected chi connectivity index (χ0v) is 15.7. The van der Waals surface area contributed by atoms with Crippen LogP contribution in [0.3, 0.4) is 0 Å². The van der Waals surface area contributed by atoms with Gasteiger partial charge in [-0.3, -0.25) is 9.69 Å².